The highest BCUT2D eigenvalue weighted by Crippen LogP contribution is 2.18. The molecule has 0 bridgehead atoms. The fourth-order valence-corrected chi connectivity index (χ4v) is 1.46. The van der Waals surface area contributed by atoms with Crippen molar-refractivity contribution < 1.29 is 15.0 Å². The Hall–Kier alpha value is -2.10. The van der Waals surface area contributed by atoms with Crippen molar-refractivity contribution in [2.45, 2.75) is 6.42 Å². The molecule has 0 aliphatic carbocycles. The number of aliphatic carboxylic acids is 1. The molecule has 0 aliphatic heterocycles. The third-order valence-corrected chi connectivity index (χ3v) is 2.13. The standard InChI is InChI=1S/C11H9NO3/c13-10-5-8-2-1-7(4-11(14)15)3-9(8)6-12-10/h1-3,5-6H,4H2,(H,12,13)(H,14,15). The van der Waals surface area contributed by atoms with Gasteiger partial charge >= 0.3 is 5.97 Å². The van der Waals surface area contributed by atoms with Gasteiger partial charge in [0.1, 0.15) is 0 Å². The van der Waals surface area contributed by atoms with Gasteiger partial charge in [0.15, 0.2) is 0 Å². The maximum absolute atomic E-state index is 10.5. The van der Waals surface area contributed by atoms with Crippen LogP contribution in [0.15, 0.2) is 30.5 Å². The molecule has 1 aromatic heterocycles. The van der Waals surface area contributed by atoms with Crippen LogP contribution in [0.1, 0.15) is 5.56 Å². The van der Waals surface area contributed by atoms with Gasteiger partial charge in [-0.1, -0.05) is 12.1 Å². The number of fused-ring (bicyclic) bond motifs is 1. The number of hydrogen-bond donors (Lipinski definition) is 2. The summed E-state index contributed by atoms with van der Waals surface area (Å²) in [6, 6.07) is 6.81. The molecular formula is C11H9NO3. The Morgan fingerprint density at radius 1 is 1.27 bits per heavy atom. The van der Waals surface area contributed by atoms with Gasteiger partial charge in [-0.25, -0.2) is 4.98 Å². The lowest BCUT2D eigenvalue weighted by atomic mass is 10.1. The molecule has 0 saturated carbocycles. The van der Waals surface area contributed by atoms with Gasteiger partial charge in [-0.2, -0.15) is 0 Å². The van der Waals surface area contributed by atoms with Crippen LogP contribution < -0.4 is 0 Å². The Bertz CT molecular complexity index is 522. The Morgan fingerprint density at radius 2 is 2.07 bits per heavy atom. The minimum Gasteiger partial charge on any atom is -0.493 e. The van der Waals surface area contributed by atoms with E-state index in [-0.39, 0.29) is 12.3 Å². The number of rotatable bonds is 2. The summed E-state index contributed by atoms with van der Waals surface area (Å²) in [4.78, 5) is 14.2. The molecule has 0 fully saturated rings. The van der Waals surface area contributed by atoms with E-state index in [4.69, 9.17) is 10.2 Å². The van der Waals surface area contributed by atoms with Gasteiger partial charge in [0.2, 0.25) is 5.88 Å². The van der Waals surface area contributed by atoms with Crippen molar-refractivity contribution in [2.24, 2.45) is 0 Å². The van der Waals surface area contributed by atoms with Gasteiger partial charge < -0.3 is 10.2 Å². The molecule has 76 valence electrons. The van der Waals surface area contributed by atoms with Gasteiger partial charge in [0, 0.05) is 17.6 Å². The molecule has 2 rings (SSSR count). The first-order valence-electron chi connectivity index (χ1n) is 4.44. The number of nitrogens with zero attached hydrogens (tertiary/aromatic N) is 1. The summed E-state index contributed by atoms with van der Waals surface area (Å²) in [6.45, 7) is 0. The second kappa shape index (κ2) is 3.57. The van der Waals surface area contributed by atoms with Gasteiger partial charge in [0.05, 0.1) is 6.42 Å². The Labute approximate surface area is 85.8 Å². The molecule has 2 aromatic rings. The smallest absolute Gasteiger partial charge is 0.307 e. The number of carbonyl (C=O) groups is 1. The van der Waals surface area contributed by atoms with Crippen molar-refractivity contribution in [1.29, 1.82) is 0 Å². The Balaban J connectivity index is 2.47. The fourth-order valence-electron chi connectivity index (χ4n) is 1.46. The highest BCUT2D eigenvalue weighted by molar-refractivity contribution is 5.84. The predicted molar refractivity (Wildman–Crippen MR) is 54.7 cm³/mol. The van der Waals surface area contributed by atoms with Crippen molar-refractivity contribution in [3.05, 3.63) is 36.0 Å². The molecule has 0 aliphatic rings. The third-order valence-electron chi connectivity index (χ3n) is 2.13. The van der Waals surface area contributed by atoms with Gasteiger partial charge in [-0.3, -0.25) is 4.79 Å². The molecule has 0 amide bonds. The lowest BCUT2D eigenvalue weighted by molar-refractivity contribution is -0.136. The van der Waals surface area contributed by atoms with Gasteiger partial charge in [-0.05, 0) is 17.0 Å². The van der Waals surface area contributed by atoms with E-state index in [2.05, 4.69) is 4.98 Å². The largest absolute Gasteiger partial charge is 0.493 e. The molecule has 0 radical (unpaired) electrons. The normalized spacial score (nSPS) is 10.4. The van der Waals surface area contributed by atoms with Crippen LogP contribution in [-0.4, -0.2) is 21.2 Å². The van der Waals surface area contributed by atoms with Crippen LogP contribution >= 0.6 is 0 Å². The summed E-state index contributed by atoms with van der Waals surface area (Å²) >= 11 is 0. The topological polar surface area (TPSA) is 70.4 Å². The minimum atomic E-state index is -0.860. The van der Waals surface area contributed by atoms with Crippen molar-refractivity contribution in [2.75, 3.05) is 0 Å². The molecule has 0 atom stereocenters. The molecule has 0 saturated heterocycles. The first kappa shape index (κ1) is 9.45. The third kappa shape index (κ3) is 2.04. The predicted octanol–water partition coefficient (Wildman–Crippen LogP) is 1.57. The van der Waals surface area contributed by atoms with Crippen LogP contribution in [0.3, 0.4) is 0 Å². The highest BCUT2D eigenvalue weighted by atomic mass is 16.4. The van der Waals surface area contributed by atoms with E-state index in [0.29, 0.717) is 0 Å². The van der Waals surface area contributed by atoms with E-state index in [1.165, 1.54) is 6.20 Å². The second-order valence-electron chi connectivity index (χ2n) is 3.29. The summed E-state index contributed by atoms with van der Waals surface area (Å²) in [5.41, 5.74) is 0.725. The maximum Gasteiger partial charge on any atom is 0.307 e. The number of carboxylic acids is 1. The highest BCUT2D eigenvalue weighted by Gasteiger charge is 2.02. The summed E-state index contributed by atoms with van der Waals surface area (Å²) in [6.07, 6.45) is 1.52. The number of hydrogen-bond acceptors (Lipinski definition) is 3. The van der Waals surface area contributed by atoms with Crippen LogP contribution in [0.4, 0.5) is 0 Å². The Morgan fingerprint density at radius 3 is 2.80 bits per heavy atom. The summed E-state index contributed by atoms with van der Waals surface area (Å²) < 4.78 is 0. The number of pyridine rings is 1. The van der Waals surface area contributed by atoms with Crippen molar-refractivity contribution in [3.8, 4) is 5.88 Å². The molecule has 15 heavy (non-hydrogen) atoms. The number of aromatic hydroxyl groups is 1. The number of benzene rings is 1. The van der Waals surface area contributed by atoms with Crippen LogP contribution in [0.5, 0.6) is 5.88 Å². The molecule has 4 heteroatoms. The molecule has 2 N–H and O–H groups in total. The van der Waals surface area contributed by atoms with E-state index >= 15 is 0 Å². The molecule has 0 unspecified atom stereocenters. The number of carboxylic acid groups (broad SMARTS) is 1. The molecule has 4 nitrogen and oxygen atoms in total. The monoisotopic (exact) mass is 203 g/mol. The van der Waals surface area contributed by atoms with Gasteiger partial charge in [0.25, 0.3) is 0 Å². The van der Waals surface area contributed by atoms with Gasteiger partial charge in [-0.15, -0.1) is 0 Å². The molecule has 1 heterocycles. The quantitative estimate of drug-likeness (QED) is 0.777. The molecule has 1 aromatic carbocycles. The first-order chi connectivity index (χ1) is 7.15. The zero-order valence-corrected chi connectivity index (χ0v) is 7.84. The van der Waals surface area contributed by atoms with Crippen LogP contribution in [0.25, 0.3) is 10.8 Å². The summed E-state index contributed by atoms with van der Waals surface area (Å²) in [7, 11) is 0. The molecule has 0 spiro atoms. The Kier molecular flexibility index (Phi) is 2.25. The number of aromatic nitrogens is 1. The average molecular weight is 203 g/mol. The maximum atomic E-state index is 10.5. The fraction of sp³-hybridized carbons (Fsp3) is 0.0909. The zero-order valence-electron chi connectivity index (χ0n) is 7.84. The van der Waals surface area contributed by atoms with E-state index in [1.807, 2.05) is 0 Å². The van der Waals surface area contributed by atoms with Crippen molar-refractivity contribution in [1.82, 2.24) is 4.98 Å². The molecular weight excluding hydrogens is 194 g/mol. The van der Waals surface area contributed by atoms with E-state index in [1.54, 1.807) is 24.3 Å². The van der Waals surface area contributed by atoms with Crippen LogP contribution in [-0.2, 0) is 11.2 Å². The van der Waals surface area contributed by atoms with Crippen LogP contribution in [0, 0.1) is 0 Å². The van der Waals surface area contributed by atoms with Crippen LogP contribution in [0.2, 0.25) is 0 Å². The van der Waals surface area contributed by atoms with Crippen molar-refractivity contribution in [3.63, 3.8) is 0 Å². The lowest BCUT2D eigenvalue weighted by Gasteiger charge is -2.01. The van der Waals surface area contributed by atoms with E-state index in [0.717, 1.165) is 16.3 Å². The summed E-state index contributed by atoms with van der Waals surface area (Å²) in [5.74, 6) is -0.894. The second-order valence-corrected chi connectivity index (χ2v) is 3.29. The van der Waals surface area contributed by atoms with Crippen molar-refractivity contribution >= 4 is 16.7 Å². The van der Waals surface area contributed by atoms with E-state index < -0.39 is 5.97 Å². The average Bonchev–Trinajstić information content (AvgIpc) is 2.17. The zero-order chi connectivity index (χ0) is 10.8. The SMILES string of the molecule is O=C(O)Cc1ccc2cc(O)ncc2c1. The summed E-state index contributed by atoms with van der Waals surface area (Å²) in [5, 5.41) is 19.4. The minimum absolute atomic E-state index is 0.00316. The first-order valence-corrected chi connectivity index (χ1v) is 4.44. The lowest BCUT2D eigenvalue weighted by Crippen LogP contribution is -1.99. The van der Waals surface area contributed by atoms with E-state index in [9.17, 15) is 4.79 Å².